The van der Waals surface area contributed by atoms with Crippen molar-refractivity contribution < 1.29 is 9.47 Å². The molecular weight excluding hydrogens is 937 g/mol. The smallest absolute Gasteiger partial charge is 0.119 e. The maximum absolute atomic E-state index is 6.45. The standard InChI is InChI=1S/C73H96N2O2/c1-7-13-19-21-23-25-55-76-67-45-37-63(38-46-67)73(64-39-47-68(48-40-64)77-56-26-24-22-20-14-8-2)71-57-61(29-27-59-31-41-65(42-32-59)74(51-15-9-3)52-16-10-4)35-49-69(71)70-50-36-62(58-72(70)73)30-28-60-33-43-66(44-34-60)75(53-17-11-5)54-18-12-6/h27-50,57-58H,7-26,51-56H2,1-6H3/b29-27+,30-28+. The summed E-state index contributed by atoms with van der Waals surface area (Å²) in [5.74, 6) is 1.86. The molecule has 0 heterocycles. The molecule has 0 aromatic heterocycles. The molecule has 0 spiro atoms. The Morgan fingerprint density at radius 2 is 0.636 bits per heavy atom. The van der Waals surface area contributed by atoms with Gasteiger partial charge in [0.25, 0.3) is 0 Å². The first kappa shape index (κ1) is 58.7. The molecule has 0 amide bonds. The van der Waals surface area contributed by atoms with E-state index in [1.165, 1.54) is 183 Å². The molecule has 0 saturated heterocycles. The summed E-state index contributed by atoms with van der Waals surface area (Å²) in [5, 5.41) is 0. The molecule has 0 unspecified atom stereocenters. The average molecular weight is 1030 g/mol. The fourth-order valence-corrected chi connectivity index (χ4v) is 11.2. The van der Waals surface area contributed by atoms with Crippen molar-refractivity contribution in [2.45, 2.75) is 175 Å². The lowest BCUT2D eigenvalue weighted by molar-refractivity contribution is 0.304. The van der Waals surface area contributed by atoms with E-state index in [2.05, 4.69) is 209 Å². The van der Waals surface area contributed by atoms with Crippen LogP contribution in [0.15, 0.2) is 133 Å². The lowest BCUT2D eigenvalue weighted by Gasteiger charge is -2.34. The summed E-state index contributed by atoms with van der Waals surface area (Å²) >= 11 is 0. The average Bonchev–Trinajstić information content (AvgIpc) is 3.94. The van der Waals surface area contributed by atoms with E-state index < -0.39 is 5.41 Å². The third-order valence-corrected chi connectivity index (χ3v) is 15.9. The van der Waals surface area contributed by atoms with Gasteiger partial charge in [0.2, 0.25) is 0 Å². The van der Waals surface area contributed by atoms with Gasteiger partial charge in [-0.15, -0.1) is 0 Å². The Morgan fingerprint density at radius 3 is 0.987 bits per heavy atom. The van der Waals surface area contributed by atoms with Crippen LogP contribution in [0.5, 0.6) is 11.5 Å². The van der Waals surface area contributed by atoms with E-state index in [4.69, 9.17) is 9.47 Å². The number of benzene rings is 6. The zero-order chi connectivity index (χ0) is 53.9. The summed E-state index contributed by atoms with van der Waals surface area (Å²) in [6.07, 6.45) is 33.8. The molecule has 0 radical (unpaired) electrons. The quantitative estimate of drug-likeness (QED) is 0.0289. The van der Waals surface area contributed by atoms with E-state index in [0.717, 1.165) is 63.7 Å². The maximum atomic E-state index is 6.45. The molecule has 0 fully saturated rings. The highest BCUT2D eigenvalue weighted by Gasteiger charge is 2.46. The number of hydrogen-bond acceptors (Lipinski definition) is 4. The van der Waals surface area contributed by atoms with Crippen LogP contribution in [0, 0.1) is 0 Å². The van der Waals surface area contributed by atoms with E-state index in [-0.39, 0.29) is 0 Å². The van der Waals surface area contributed by atoms with E-state index >= 15 is 0 Å². The predicted octanol–water partition coefficient (Wildman–Crippen LogP) is 20.7. The summed E-state index contributed by atoms with van der Waals surface area (Å²) in [4.78, 5) is 5.13. The van der Waals surface area contributed by atoms with Crippen LogP contribution in [0.4, 0.5) is 11.4 Å². The number of anilines is 2. The summed E-state index contributed by atoms with van der Waals surface area (Å²) in [5.41, 5.74) is 14.4. The van der Waals surface area contributed by atoms with Crippen molar-refractivity contribution in [1.82, 2.24) is 0 Å². The second-order valence-electron chi connectivity index (χ2n) is 21.9. The SMILES string of the molecule is CCCCCCCCOc1ccc(C2(c3ccc(OCCCCCCCC)cc3)c3cc(/C=C/c4ccc(N(CCCC)CCCC)cc4)ccc3-c3ccc(/C=C/c4ccc(N(CCCC)CCCC)cc4)cc32)cc1. The predicted molar refractivity (Wildman–Crippen MR) is 336 cm³/mol. The normalized spacial score (nSPS) is 12.6. The maximum Gasteiger partial charge on any atom is 0.119 e. The Morgan fingerprint density at radius 1 is 0.325 bits per heavy atom. The highest BCUT2D eigenvalue weighted by molar-refractivity contribution is 5.89. The first-order chi connectivity index (χ1) is 37.9. The van der Waals surface area contributed by atoms with Gasteiger partial charge >= 0.3 is 0 Å². The third-order valence-electron chi connectivity index (χ3n) is 15.9. The van der Waals surface area contributed by atoms with Gasteiger partial charge in [-0.05, 0) is 155 Å². The van der Waals surface area contributed by atoms with Gasteiger partial charge in [0.15, 0.2) is 0 Å². The molecule has 6 aromatic carbocycles. The lowest BCUT2D eigenvalue weighted by Crippen LogP contribution is -2.28. The minimum atomic E-state index is -0.613. The van der Waals surface area contributed by atoms with Gasteiger partial charge in [0.1, 0.15) is 11.5 Å². The molecule has 0 N–H and O–H groups in total. The van der Waals surface area contributed by atoms with Crippen molar-refractivity contribution in [3.05, 3.63) is 178 Å². The van der Waals surface area contributed by atoms with E-state index in [1.807, 2.05) is 0 Å². The largest absolute Gasteiger partial charge is 0.494 e. The van der Waals surface area contributed by atoms with Gasteiger partial charge in [0, 0.05) is 37.6 Å². The van der Waals surface area contributed by atoms with Crippen LogP contribution in [-0.2, 0) is 5.41 Å². The number of hydrogen-bond donors (Lipinski definition) is 0. The minimum Gasteiger partial charge on any atom is -0.494 e. The van der Waals surface area contributed by atoms with Crippen molar-refractivity contribution >= 4 is 35.7 Å². The van der Waals surface area contributed by atoms with Gasteiger partial charge in [-0.2, -0.15) is 0 Å². The van der Waals surface area contributed by atoms with Gasteiger partial charge < -0.3 is 19.3 Å². The molecule has 6 aromatic rings. The van der Waals surface area contributed by atoms with Gasteiger partial charge in [-0.3, -0.25) is 0 Å². The zero-order valence-electron chi connectivity index (χ0n) is 48.6. The Hall–Kier alpha value is -6.00. The molecule has 77 heavy (non-hydrogen) atoms. The monoisotopic (exact) mass is 1030 g/mol. The summed E-state index contributed by atoms with van der Waals surface area (Å²) < 4.78 is 12.9. The van der Waals surface area contributed by atoms with Crippen LogP contribution >= 0.6 is 0 Å². The minimum absolute atomic E-state index is 0.613. The molecule has 410 valence electrons. The molecule has 0 bridgehead atoms. The molecule has 7 rings (SSSR count). The van der Waals surface area contributed by atoms with Crippen LogP contribution in [0.1, 0.15) is 214 Å². The van der Waals surface area contributed by atoms with Crippen LogP contribution in [0.25, 0.3) is 35.4 Å². The van der Waals surface area contributed by atoms with Crippen molar-refractivity contribution in [3.63, 3.8) is 0 Å². The Kier molecular flexibility index (Phi) is 24.4. The second-order valence-corrected chi connectivity index (χ2v) is 21.9. The highest BCUT2D eigenvalue weighted by atomic mass is 16.5. The Labute approximate surface area is 468 Å². The fourth-order valence-electron chi connectivity index (χ4n) is 11.2. The van der Waals surface area contributed by atoms with Crippen LogP contribution in [-0.4, -0.2) is 39.4 Å². The second kappa shape index (κ2) is 32.0. The highest BCUT2D eigenvalue weighted by Crippen LogP contribution is 2.57. The third kappa shape index (κ3) is 16.5. The van der Waals surface area contributed by atoms with Crippen molar-refractivity contribution in [2.75, 3.05) is 49.2 Å². The number of rotatable bonds is 36. The van der Waals surface area contributed by atoms with Gasteiger partial charge in [-0.1, -0.05) is 229 Å². The van der Waals surface area contributed by atoms with E-state index in [9.17, 15) is 0 Å². The summed E-state index contributed by atoms with van der Waals surface area (Å²) in [6.45, 7) is 19.6. The van der Waals surface area contributed by atoms with E-state index in [1.54, 1.807) is 0 Å². The van der Waals surface area contributed by atoms with Gasteiger partial charge in [-0.25, -0.2) is 0 Å². The summed E-state index contributed by atoms with van der Waals surface area (Å²) in [6, 6.07) is 50.9. The molecule has 4 heteroatoms. The van der Waals surface area contributed by atoms with Crippen molar-refractivity contribution in [2.24, 2.45) is 0 Å². The zero-order valence-corrected chi connectivity index (χ0v) is 48.6. The number of ether oxygens (including phenoxy) is 2. The van der Waals surface area contributed by atoms with Crippen LogP contribution in [0.2, 0.25) is 0 Å². The molecule has 0 atom stereocenters. The first-order valence-electron chi connectivity index (χ1n) is 30.8. The topological polar surface area (TPSA) is 24.9 Å². The molecule has 4 nitrogen and oxygen atoms in total. The van der Waals surface area contributed by atoms with Crippen molar-refractivity contribution in [3.8, 4) is 22.6 Å². The van der Waals surface area contributed by atoms with Crippen molar-refractivity contribution in [1.29, 1.82) is 0 Å². The van der Waals surface area contributed by atoms with Gasteiger partial charge in [0.05, 0.1) is 18.6 Å². The number of fused-ring (bicyclic) bond motifs is 3. The fraction of sp³-hybridized carbons (Fsp3) is 0.452. The molecular formula is C73H96N2O2. The first-order valence-corrected chi connectivity index (χ1v) is 30.8. The molecule has 1 aliphatic rings. The number of unbranched alkanes of at least 4 members (excludes halogenated alkanes) is 14. The molecule has 0 saturated carbocycles. The lowest BCUT2D eigenvalue weighted by atomic mass is 9.67. The Balaban J connectivity index is 1.27. The summed E-state index contributed by atoms with van der Waals surface area (Å²) in [7, 11) is 0. The van der Waals surface area contributed by atoms with Crippen LogP contribution in [0.3, 0.4) is 0 Å². The number of nitrogens with zero attached hydrogens (tertiary/aromatic N) is 2. The van der Waals surface area contributed by atoms with Crippen LogP contribution < -0.4 is 19.3 Å². The molecule has 1 aliphatic carbocycles. The molecule has 0 aliphatic heterocycles. The Bertz CT molecular complexity index is 2460. The van der Waals surface area contributed by atoms with E-state index in [0.29, 0.717) is 0 Å².